The lowest BCUT2D eigenvalue weighted by atomic mass is 10.0. The minimum Gasteiger partial charge on any atom is -0.330 e. The van der Waals surface area contributed by atoms with Crippen LogP contribution in [-0.4, -0.2) is 19.6 Å². The number of nitrogens with two attached hydrogens (primary N) is 1. The van der Waals surface area contributed by atoms with Crippen molar-refractivity contribution >= 4 is 0 Å². The van der Waals surface area contributed by atoms with Gasteiger partial charge in [-0.2, -0.15) is 0 Å². The summed E-state index contributed by atoms with van der Waals surface area (Å²) in [7, 11) is 0. The minimum absolute atomic E-state index is 0.630. The minimum atomic E-state index is 0.630. The Labute approximate surface area is 111 Å². The third kappa shape index (κ3) is 3.56. The van der Waals surface area contributed by atoms with Crippen LogP contribution >= 0.6 is 0 Å². The molecule has 1 aromatic carbocycles. The molecule has 0 heterocycles. The van der Waals surface area contributed by atoms with E-state index in [1.54, 1.807) is 11.1 Å². The smallest absolute Gasteiger partial charge is 0.000823 e. The zero-order chi connectivity index (χ0) is 12.8. The molecule has 1 unspecified atom stereocenters. The van der Waals surface area contributed by atoms with Crippen LogP contribution in [0.1, 0.15) is 36.5 Å². The summed E-state index contributed by atoms with van der Waals surface area (Å²) in [4.78, 5) is 0. The van der Waals surface area contributed by atoms with E-state index in [0.29, 0.717) is 5.92 Å². The first-order chi connectivity index (χ1) is 8.83. The van der Waals surface area contributed by atoms with Crippen molar-refractivity contribution in [2.24, 2.45) is 11.7 Å². The van der Waals surface area contributed by atoms with Crippen LogP contribution in [0.25, 0.3) is 0 Å². The van der Waals surface area contributed by atoms with E-state index in [1.165, 1.54) is 31.2 Å². The molecule has 0 fully saturated rings. The van der Waals surface area contributed by atoms with Gasteiger partial charge in [0, 0.05) is 0 Å². The maximum atomic E-state index is 5.70. The fourth-order valence-corrected chi connectivity index (χ4v) is 2.71. The van der Waals surface area contributed by atoms with Crippen molar-refractivity contribution in [1.29, 1.82) is 0 Å². The first kappa shape index (κ1) is 13.6. The number of hydrogen-bond acceptors (Lipinski definition) is 2. The van der Waals surface area contributed by atoms with Gasteiger partial charge >= 0.3 is 0 Å². The van der Waals surface area contributed by atoms with Crippen molar-refractivity contribution in [3.05, 3.63) is 34.9 Å². The molecule has 3 N–H and O–H groups in total. The molecule has 0 amide bonds. The zero-order valence-corrected chi connectivity index (χ0v) is 11.5. The molecule has 1 aliphatic carbocycles. The summed E-state index contributed by atoms with van der Waals surface area (Å²) in [6.45, 7) is 5.12. The van der Waals surface area contributed by atoms with Gasteiger partial charge in [-0.3, -0.25) is 0 Å². The van der Waals surface area contributed by atoms with Crippen molar-refractivity contribution in [2.75, 3.05) is 19.6 Å². The summed E-state index contributed by atoms with van der Waals surface area (Å²) in [5, 5.41) is 3.52. The highest BCUT2D eigenvalue weighted by atomic mass is 14.9. The first-order valence-corrected chi connectivity index (χ1v) is 7.35. The van der Waals surface area contributed by atoms with Crippen molar-refractivity contribution < 1.29 is 0 Å². The van der Waals surface area contributed by atoms with Crippen LogP contribution in [0.5, 0.6) is 0 Å². The molecular formula is C16H26N2. The number of aryl methyl sites for hydroxylation is 2. The molecule has 0 bridgehead atoms. The standard InChI is InChI=1S/C16H26N2/c1-2-13(11-17)12-18-9-8-14-6-7-15-4-3-5-16(15)10-14/h6-7,10,13,18H,2-5,8-9,11-12,17H2,1H3. The lowest BCUT2D eigenvalue weighted by Gasteiger charge is -2.13. The van der Waals surface area contributed by atoms with E-state index in [9.17, 15) is 0 Å². The highest BCUT2D eigenvalue weighted by Crippen LogP contribution is 2.22. The summed E-state index contributed by atoms with van der Waals surface area (Å²) < 4.78 is 0. The second kappa shape index (κ2) is 6.91. The van der Waals surface area contributed by atoms with Crippen LogP contribution in [0.3, 0.4) is 0 Å². The predicted molar refractivity (Wildman–Crippen MR) is 77.9 cm³/mol. The number of nitrogens with one attached hydrogen (secondary N) is 1. The number of benzene rings is 1. The molecule has 1 aliphatic rings. The molecule has 2 nitrogen and oxygen atoms in total. The van der Waals surface area contributed by atoms with E-state index in [1.807, 2.05) is 0 Å². The highest BCUT2D eigenvalue weighted by molar-refractivity contribution is 5.35. The van der Waals surface area contributed by atoms with Crippen molar-refractivity contribution in [1.82, 2.24) is 5.32 Å². The topological polar surface area (TPSA) is 38.0 Å². The largest absolute Gasteiger partial charge is 0.330 e. The number of rotatable bonds is 7. The van der Waals surface area contributed by atoms with Gasteiger partial charge in [-0.1, -0.05) is 31.5 Å². The van der Waals surface area contributed by atoms with Gasteiger partial charge in [0.15, 0.2) is 0 Å². The molecule has 0 saturated heterocycles. The average molecular weight is 246 g/mol. The monoisotopic (exact) mass is 246 g/mol. The Morgan fingerprint density at radius 1 is 1.28 bits per heavy atom. The van der Waals surface area contributed by atoms with Crippen LogP contribution in [0.4, 0.5) is 0 Å². The van der Waals surface area contributed by atoms with Gasteiger partial charge in [-0.15, -0.1) is 0 Å². The van der Waals surface area contributed by atoms with Gasteiger partial charge in [0.2, 0.25) is 0 Å². The van der Waals surface area contributed by atoms with Crippen molar-refractivity contribution in [3.63, 3.8) is 0 Å². The van der Waals surface area contributed by atoms with Crippen LogP contribution in [-0.2, 0) is 19.3 Å². The fourth-order valence-electron chi connectivity index (χ4n) is 2.71. The summed E-state index contributed by atoms with van der Waals surface area (Å²) in [5.74, 6) is 0.630. The van der Waals surface area contributed by atoms with Crippen LogP contribution in [0.2, 0.25) is 0 Å². The molecule has 0 saturated carbocycles. The van der Waals surface area contributed by atoms with E-state index < -0.39 is 0 Å². The Kier molecular flexibility index (Phi) is 5.21. The Hall–Kier alpha value is -0.860. The van der Waals surface area contributed by atoms with E-state index in [2.05, 4.69) is 30.4 Å². The lowest BCUT2D eigenvalue weighted by molar-refractivity contribution is 0.474. The normalized spacial score (nSPS) is 15.7. The van der Waals surface area contributed by atoms with E-state index in [0.717, 1.165) is 26.1 Å². The molecule has 2 rings (SSSR count). The summed E-state index contributed by atoms with van der Waals surface area (Å²) in [6, 6.07) is 7.03. The Balaban J connectivity index is 1.74. The van der Waals surface area contributed by atoms with Crippen LogP contribution < -0.4 is 11.1 Å². The van der Waals surface area contributed by atoms with Gasteiger partial charge in [0.25, 0.3) is 0 Å². The molecule has 0 spiro atoms. The average Bonchev–Trinajstić information content (AvgIpc) is 2.86. The van der Waals surface area contributed by atoms with Gasteiger partial charge in [0.1, 0.15) is 0 Å². The lowest BCUT2D eigenvalue weighted by Crippen LogP contribution is -2.29. The molecule has 0 aliphatic heterocycles. The van der Waals surface area contributed by atoms with Gasteiger partial charge < -0.3 is 11.1 Å². The number of hydrogen-bond donors (Lipinski definition) is 2. The quantitative estimate of drug-likeness (QED) is 0.724. The third-order valence-corrected chi connectivity index (χ3v) is 4.10. The van der Waals surface area contributed by atoms with E-state index in [-0.39, 0.29) is 0 Å². The van der Waals surface area contributed by atoms with Crippen LogP contribution in [0, 0.1) is 5.92 Å². The van der Waals surface area contributed by atoms with Gasteiger partial charge in [-0.05, 0) is 67.9 Å². The summed E-state index contributed by atoms with van der Waals surface area (Å²) in [6.07, 6.45) is 6.20. The molecule has 0 aromatic heterocycles. The SMILES string of the molecule is CCC(CN)CNCCc1ccc2c(c1)CCC2. The van der Waals surface area contributed by atoms with Gasteiger partial charge in [0.05, 0.1) is 0 Å². The third-order valence-electron chi connectivity index (χ3n) is 4.10. The van der Waals surface area contributed by atoms with Gasteiger partial charge in [-0.25, -0.2) is 0 Å². The second-order valence-corrected chi connectivity index (χ2v) is 5.42. The predicted octanol–water partition coefficient (Wildman–Crippen LogP) is 2.29. The Morgan fingerprint density at radius 3 is 2.89 bits per heavy atom. The molecule has 18 heavy (non-hydrogen) atoms. The molecular weight excluding hydrogens is 220 g/mol. The van der Waals surface area contributed by atoms with Crippen LogP contribution in [0.15, 0.2) is 18.2 Å². The molecule has 1 atom stereocenters. The van der Waals surface area contributed by atoms with E-state index >= 15 is 0 Å². The van der Waals surface area contributed by atoms with Crippen molar-refractivity contribution in [2.45, 2.75) is 39.0 Å². The highest BCUT2D eigenvalue weighted by Gasteiger charge is 2.10. The summed E-state index contributed by atoms with van der Waals surface area (Å²) >= 11 is 0. The van der Waals surface area contributed by atoms with E-state index in [4.69, 9.17) is 5.73 Å². The molecule has 2 heteroatoms. The maximum absolute atomic E-state index is 5.70. The summed E-state index contributed by atoms with van der Waals surface area (Å²) in [5.41, 5.74) is 10.3. The number of fused-ring (bicyclic) bond motifs is 1. The first-order valence-electron chi connectivity index (χ1n) is 7.35. The maximum Gasteiger partial charge on any atom is -0.000823 e. The zero-order valence-electron chi connectivity index (χ0n) is 11.5. The molecule has 0 radical (unpaired) electrons. The Bertz CT molecular complexity index is 369. The Morgan fingerprint density at radius 2 is 2.11 bits per heavy atom. The second-order valence-electron chi connectivity index (χ2n) is 5.42. The fraction of sp³-hybridized carbons (Fsp3) is 0.625. The van der Waals surface area contributed by atoms with Crippen molar-refractivity contribution in [3.8, 4) is 0 Å². The molecule has 1 aromatic rings. The molecule has 100 valence electrons.